The summed E-state index contributed by atoms with van der Waals surface area (Å²) in [5.74, 6) is 0. The molecule has 0 saturated heterocycles. The molecule has 0 aromatic carbocycles. The second-order valence-corrected chi connectivity index (χ2v) is 7.68. The van der Waals surface area contributed by atoms with Crippen molar-refractivity contribution in [3.05, 3.63) is 71.8 Å². The fourth-order valence-electron chi connectivity index (χ4n) is 4.10. The lowest BCUT2D eigenvalue weighted by atomic mass is 10.1. The van der Waals surface area contributed by atoms with Gasteiger partial charge < -0.3 is 9.13 Å². The van der Waals surface area contributed by atoms with Crippen molar-refractivity contribution in [3.63, 3.8) is 0 Å². The highest BCUT2D eigenvalue weighted by atomic mass is 15.1. The van der Waals surface area contributed by atoms with Crippen molar-refractivity contribution >= 4 is 0 Å². The summed E-state index contributed by atoms with van der Waals surface area (Å²) in [5.41, 5.74) is 9.22. The van der Waals surface area contributed by atoms with Gasteiger partial charge in [-0.25, -0.2) is 9.97 Å². The summed E-state index contributed by atoms with van der Waals surface area (Å²) in [6.45, 7) is 4.11. The van der Waals surface area contributed by atoms with Crippen LogP contribution < -0.4 is 9.13 Å². The summed E-state index contributed by atoms with van der Waals surface area (Å²) in [6.07, 6.45) is 4.58. The van der Waals surface area contributed by atoms with Crippen molar-refractivity contribution in [3.8, 4) is 22.8 Å². The van der Waals surface area contributed by atoms with Crippen LogP contribution in [0.2, 0.25) is 0 Å². The number of aryl methyl sites for hydroxylation is 4. The van der Waals surface area contributed by atoms with E-state index in [1.54, 1.807) is 0 Å². The molecule has 0 aliphatic rings. The zero-order valence-corrected chi connectivity index (χ0v) is 18.0. The molecule has 0 fully saturated rings. The van der Waals surface area contributed by atoms with Crippen LogP contribution in [-0.4, -0.2) is 19.1 Å². The van der Waals surface area contributed by atoms with Gasteiger partial charge in [-0.2, -0.15) is 9.13 Å². The van der Waals surface area contributed by atoms with Crippen LogP contribution in [0, 0.1) is 13.8 Å². The molecule has 0 spiro atoms. The van der Waals surface area contributed by atoms with Crippen molar-refractivity contribution in [1.29, 1.82) is 0 Å². The van der Waals surface area contributed by atoms with E-state index in [2.05, 4.69) is 92.6 Å². The zero-order chi connectivity index (χ0) is 20.7. The molecule has 6 heteroatoms. The molecule has 0 N–H and O–H groups in total. The van der Waals surface area contributed by atoms with Gasteiger partial charge in [-0.1, -0.05) is 0 Å². The number of rotatable bonds is 4. The molecule has 29 heavy (non-hydrogen) atoms. The fourth-order valence-corrected chi connectivity index (χ4v) is 4.10. The van der Waals surface area contributed by atoms with Gasteiger partial charge in [0.1, 0.15) is 31.9 Å². The normalized spacial score (nSPS) is 11.2. The molecule has 148 valence electrons. The van der Waals surface area contributed by atoms with Crippen molar-refractivity contribution in [1.82, 2.24) is 19.1 Å². The molecule has 0 unspecified atom stereocenters. The first kappa shape index (κ1) is 19.1. The van der Waals surface area contributed by atoms with Crippen LogP contribution in [0.4, 0.5) is 0 Å². The molecule has 0 aliphatic carbocycles. The molecule has 4 aromatic rings. The minimum atomic E-state index is 0.836. The number of imidazole rings is 2. The molecule has 4 aromatic heterocycles. The smallest absolute Gasteiger partial charge is 0.231 e. The third-order valence-corrected chi connectivity index (χ3v) is 5.76. The van der Waals surface area contributed by atoms with Gasteiger partial charge in [0, 0.05) is 38.4 Å². The number of aromatic nitrogens is 6. The lowest BCUT2D eigenvalue weighted by Gasteiger charge is -2.08. The highest BCUT2D eigenvalue weighted by molar-refractivity contribution is 5.55. The van der Waals surface area contributed by atoms with Gasteiger partial charge >= 0.3 is 0 Å². The summed E-state index contributed by atoms with van der Waals surface area (Å²) in [6, 6.07) is 13.0. The molecular formula is C23H28N6+2. The highest BCUT2D eigenvalue weighted by Crippen LogP contribution is 2.21. The van der Waals surface area contributed by atoms with Gasteiger partial charge in [0.05, 0.1) is 24.0 Å². The second-order valence-electron chi connectivity index (χ2n) is 7.68. The Balaban J connectivity index is 1.77. The standard InChI is InChI=1S/C23H28N6/c1-16-22(26(3)14-24-16)20-11-7-9-18(28(20)5)13-19-10-8-12-21(29(19)6)23-17(2)25-15-27(23)4/h7-12,14-15H,13H2,1-6H3/q+2. The topological polar surface area (TPSA) is 43.4 Å². The highest BCUT2D eigenvalue weighted by Gasteiger charge is 2.24. The third-order valence-electron chi connectivity index (χ3n) is 5.76. The third kappa shape index (κ3) is 3.24. The maximum absolute atomic E-state index is 4.46. The Hall–Kier alpha value is -3.28. The van der Waals surface area contributed by atoms with Gasteiger partial charge in [0.2, 0.25) is 11.4 Å². The van der Waals surface area contributed by atoms with E-state index in [0.29, 0.717) is 0 Å². The van der Waals surface area contributed by atoms with E-state index in [4.69, 9.17) is 0 Å². The van der Waals surface area contributed by atoms with Crippen molar-refractivity contribution in [2.75, 3.05) is 0 Å². The molecule has 0 bridgehead atoms. The molecule has 0 aliphatic heterocycles. The van der Waals surface area contributed by atoms with Gasteiger partial charge in [0.25, 0.3) is 0 Å². The second kappa shape index (κ2) is 7.28. The first-order valence-electron chi connectivity index (χ1n) is 9.81. The summed E-state index contributed by atoms with van der Waals surface area (Å²) in [5, 5.41) is 0. The van der Waals surface area contributed by atoms with E-state index in [0.717, 1.165) is 29.2 Å². The van der Waals surface area contributed by atoms with Gasteiger partial charge in [0.15, 0.2) is 11.4 Å². The van der Waals surface area contributed by atoms with Crippen LogP contribution in [0.3, 0.4) is 0 Å². The Kier molecular flexibility index (Phi) is 4.78. The number of hydrogen-bond acceptors (Lipinski definition) is 2. The fraction of sp³-hybridized carbons (Fsp3) is 0.304. The van der Waals surface area contributed by atoms with Crippen LogP contribution >= 0.6 is 0 Å². The summed E-state index contributed by atoms with van der Waals surface area (Å²) in [7, 11) is 8.35. The van der Waals surface area contributed by atoms with Crippen LogP contribution in [0.25, 0.3) is 22.8 Å². The minimum Gasteiger partial charge on any atom is -0.329 e. The molecule has 4 rings (SSSR count). The number of nitrogens with zero attached hydrogens (tertiary/aromatic N) is 6. The summed E-state index contributed by atoms with van der Waals surface area (Å²) in [4.78, 5) is 8.91. The van der Waals surface area contributed by atoms with Gasteiger partial charge in [-0.15, -0.1) is 0 Å². The summed E-state index contributed by atoms with van der Waals surface area (Å²) >= 11 is 0. The predicted octanol–water partition coefficient (Wildman–Crippen LogP) is 2.34. The Morgan fingerprint density at radius 1 is 0.724 bits per heavy atom. The predicted molar refractivity (Wildman–Crippen MR) is 112 cm³/mol. The molecule has 6 nitrogen and oxygen atoms in total. The molecule has 0 radical (unpaired) electrons. The zero-order valence-electron chi connectivity index (χ0n) is 18.0. The SMILES string of the molecule is Cc1ncn(C)c1-c1cccc(Cc2cccc(-c3c(C)ncn3C)[n+]2C)[n+]1C. The molecule has 0 saturated carbocycles. The summed E-state index contributed by atoms with van der Waals surface area (Å²) < 4.78 is 8.71. The van der Waals surface area contributed by atoms with Crippen molar-refractivity contribution < 1.29 is 9.13 Å². The lowest BCUT2D eigenvalue weighted by molar-refractivity contribution is -0.680. The maximum Gasteiger partial charge on any atom is 0.231 e. The van der Waals surface area contributed by atoms with E-state index in [9.17, 15) is 0 Å². The van der Waals surface area contributed by atoms with E-state index in [-0.39, 0.29) is 0 Å². The number of hydrogen-bond donors (Lipinski definition) is 0. The molecular weight excluding hydrogens is 360 g/mol. The van der Waals surface area contributed by atoms with Crippen LogP contribution in [0.5, 0.6) is 0 Å². The average molecular weight is 389 g/mol. The Morgan fingerprint density at radius 3 is 1.48 bits per heavy atom. The quantitative estimate of drug-likeness (QED) is 0.504. The molecule has 0 amide bonds. The maximum atomic E-state index is 4.46. The van der Waals surface area contributed by atoms with Crippen molar-refractivity contribution in [2.24, 2.45) is 28.2 Å². The number of pyridine rings is 2. The Morgan fingerprint density at radius 2 is 1.14 bits per heavy atom. The van der Waals surface area contributed by atoms with E-state index < -0.39 is 0 Å². The monoisotopic (exact) mass is 388 g/mol. The minimum absolute atomic E-state index is 0.836. The molecule has 4 heterocycles. The first-order valence-corrected chi connectivity index (χ1v) is 9.81. The van der Waals surface area contributed by atoms with Gasteiger partial charge in [-0.3, -0.25) is 0 Å². The Labute approximate surface area is 171 Å². The largest absolute Gasteiger partial charge is 0.329 e. The van der Waals surface area contributed by atoms with E-state index in [1.165, 1.54) is 22.8 Å². The Bertz CT molecular complexity index is 1070. The van der Waals surface area contributed by atoms with Crippen LogP contribution in [0.1, 0.15) is 22.8 Å². The van der Waals surface area contributed by atoms with E-state index in [1.807, 2.05) is 26.7 Å². The van der Waals surface area contributed by atoms with Crippen LogP contribution in [0.15, 0.2) is 49.1 Å². The van der Waals surface area contributed by atoms with Crippen molar-refractivity contribution in [2.45, 2.75) is 20.3 Å². The van der Waals surface area contributed by atoms with E-state index >= 15 is 0 Å². The van der Waals surface area contributed by atoms with Gasteiger partial charge in [-0.05, 0) is 26.0 Å². The molecule has 0 atom stereocenters. The average Bonchev–Trinajstić information content (AvgIpc) is 3.20. The van der Waals surface area contributed by atoms with Crippen LogP contribution in [-0.2, 0) is 34.6 Å². The lowest BCUT2D eigenvalue weighted by Crippen LogP contribution is -2.41. The first-order chi connectivity index (χ1) is 13.9.